The molecule has 0 bridgehead atoms. The summed E-state index contributed by atoms with van der Waals surface area (Å²) in [4.78, 5) is 30.2. The van der Waals surface area contributed by atoms with Crippen molar-refractivity contribution in [3.8, 4) is 0 Å². The van der Waals surface area contributed by atoms with Gasteiger partial charge >= 0.3 is 7.82 Å². The summed E-state index contributed by atoms with van der Waals surface area (Å²) in [7, 11) is -4.76. The zero-order chi connectivity index (χ0) is 18.4. The number of phosphoric ester groups is 1. The molecule has 13 heteroatoms. The first-order chi connectivity index (χ1) is 11.7. The Morgan fingerprint density at radius 1 is 1.48 bits per heavy atom. The van der Waals surface area contributed by atoms with Gasteiger partial charge < -0.3 is 30.7 Å². The lowest BCUT2D eigenvalue weighted by Crippen LogP contribution is -2.23. The van der Waals surface area contributed by atoms with Crippen molar-refractivity contribution in [3.05, 3.63) is 6.33 Å². The highest BCUT2D eigenvalue weighted by molar-refractivity contribution is 7.46. The van der Waals surface area contributed by atoms with E-state index < -0.39 is 26.4 Å². The summed E-state index contributed by atoms with van der Waals surface area (Å²) in [5.41, 5.74) is 6.46. The molecule has 0 aliphatic carbocycles. The number of anilines is 2. The number of aliphatic hydroxyl groups excluding tert-OH is 1. The number of nitrogens with zero attached hydrogens (tertiary/aromatic N) is 4. The number of nitrogens with one attached hydrogen (secondary N) is 1. The third kappa shape index (κ3) is 3.73. The molecule has 0 spiro atoms. The van der Waals surface area contributed by atoms with E-state index in [1.807, 2.05) is 13.8 Å². The van der Waals surface area contributed by atoms with E-state index in [1.165, 1.54) is 10.9 Å². The first kappa shape index (κ1) is 18.0. The number of ether oxygens (including phenoxy) is 1. The Morgan fingerprint density at radius 2 is 2.20 bits per heavy atom. The molecule has 2 aromatic rings. The molecular formula is C12H19N6O6P. The van der Waals surface area contributed by atoms with Gasteiger partial charge in [-0.25, -0.2) is 19.5 Å². The maximum atomic E-state index is 11.0. The van der Waals surface area contributed by atoms with E-state index in [9.17, 15) is 9.67 Å². The van der Waals surface area contributed by atoms with Gasteiger partial charge in [0.25, 0.3) is 0 Å². The molecular weight excluding hydrogens is 355 g/mol. The second-order valence-electron chi connectivity index (χ2n) is 5.89. The monoisotopic (exact) mass is 374 g/mol. The highest BCUT2D eigenvalue weighted by atomic mass is 31.2. The first-order valence-electron chi connectivity index (χ1n) is 7.48. The van der Waals surface area contributed by atoms with Crippen molar-refractivity contribution in [1.29, 1.82) is 0 Å². The number of rotatable bonds is 5. The van der Waals surface area contributed by atoms with Crippen LogP contribution in [0.4, 0.5) is 11.8 Å². The van der Waals surface area contributed by atoms with E-state index >= 15 is 0 Å². The molecule has 3 unspecified atom stereocenters. The molecule has 1 aliphatic heterocycles. The third-order valence-corrected chi connectivity index (χ3v) is 4.00. The molecule has 1 aliphatic rings. The van der Waals surface area contributed by atoms with Crippen LogP contribution in [-0.2, 0) is 13.8 Å². The van der Waals surface area contributed by atoms with Crippen LogP contribution in [0.15, 0.2) is 6.33 Å². The summed E-state index contributed by atoms with van der Waals surface area (Å²) in [5.74, 6) is 0.490. The van der Waals surface area contributed by atoms with Crippen molar-refractivity contribution in [2.75, 3.05) is 11.1 Å². The Labute approximate surface area is 142 Å². The van der Waals surface area contributed by atoms with E-state index in [-0.39, 0.29) is 18.3 Å². The predicted molar refractivity (Wildman–Crippen MR) is 86.2 cm³/mol. The quantitative estimate of drug-likeness (QED) is 0.443. The largest absolute Gasteiger partial charge is 0.471 e. The number of hydrogen-bond donors (Lipinski definition) is 5. The van der Waals surface area contributed by atoms with Crippen molar-refractivity contribution in [2.24, 2.45) is 0 Å². The van der Waals surface area contributed by atoms with Crippen molar-refractivity contribution in [2.45, 2.75) is 44.9 Å². The van der Waals surface area contributed by atoms with E-state index in [4.69, 9.17) is 20.3 Å². The second-order valence-corrected chi connectivity index (χ2v) is 7.08. The summed E-state index contributed by atoms with van der Waals surface area (Å²) in [6.45, 7) is 3.79. The fourth-order valence-corrected chi connectivity index (χ4v) is 3.04. The van der Waals surface area contributed by atoms with Crippen LogP contribution in [0.3, 0.4) is 0 Å². The molecule has 0 aromatic carbocycles. The van der Waals surface area contributed by atoms with Crippen molar-refractivity contribution >= 4 is 30.8 Å². The minimum absolute atomic E-state index is 0.00504. The minimum atomic E-state index is -4.76. The van der Waals surface area contributed by atoms with E-state index in [1.54, 1.807) is 0 Å². The van der Waals surface area contributed by atoms with Gasteiger partial charge in [-0.2, -0.15) is 0 Å². The molecule has 2 aromatic heterocycles. The Balaban J connectivity index is 2.02. The van der Waals surface area contributed by atoms with Gasteiger partial charge in [-0.3, -0.25) is 9.09 Å². The van der Waals surface area contributed by atoms with Crippen molar-refractivity contribution in [3.63, 3.8) is 0 Å². The van der Waals surface area contributed by atoms with Gasteiger partial charge in [-0.05, 0) is 13.8 Å². The fraction of sp³-hybridized carbons (Fsp3) is 0.583. The van der Waals surface area contributed by atoms with E-state index in [0.29, 0.717) is 17.1 Å². The summed E-state index contributed by atoms with van der Waals surface area (Å²) >= 11 is 0. The van der Waals surface area contributed by atoms with Crippen LogP contribution in [-0.4, -0.2) is 52.8 Å². The number of fused-ring (bicyclic) bond motifs is 1. The molecule has 138 valence electrons. The zero-order valence-electron chi connectivity index (χ0n) is 13.5. The first-order valence-corrected chi connectivity index (χ1v) is 9.01. The van der Waals surface area contributed by atoms with Crippen LogP contribution in [0.2, 0.25) is 0 Å². The third-order valence-electron chi connectivity index (χ3n) is 3.49. The lowest BCUT2D eigenvalue weighted by atomic mass is 10.2. The number of hydrogen-bond acceptors (Lipinski definition) is 9. The summed E-state index contributed by atoms with van der Waals surface area (Å²) in [5, 5.41) is 13.4. The predicted octanol–water partition coefficient (Wildman–Crippen LogP) is -0.0560. The standard InChI is InChI=1S/C12H19N6O6P/c1-5(2)16-12-17-8-9(13)14-4-15-10(8)18(12)11-6(19)3-7(23-11)24-25(20,21)22/h4-7,11,19H,3H2,1-2H3,(H,16,17)(H2,13,14,15)(H2,20,21,22). The van der Waals surface area contributed by atoms with Crippen LogP contribution >= 0.6 is 7.82 Å². The van der Waals surface area contributed by atoms with Crippen molar-refractivity contribution in [1.82, 2.24) is 19.5 Å². The SMILES string of the molecule is CC(C)Nc1nc2c(N)ncnc2n1C1OC(OP(=O)(O)O)CC1O. The van der Waals surface area contributed by atoms with Gasteiger partial charge in [-0.15, -0.1) is 0 Å². The van der Waals surface area contributed by atoms with Crippen molar-refractivity contribution < 1.29 is 28.7 Å². The molecule has 3 rings (SSSR count). The molecule has 3 atom stereocenters. The lowest BCUT2D eigenvalue weighted by Gasteiger charge is -2.20. The normalized spacial score (nSPS) is 24.3. The summed E-state index contributed by atoms with van der Waals surface area (Å²) in [6, 6.07) is 0.00504. The molecule has 6 N–H and O–H groups in total. The highest BCUT2D eigenvalue weighted by Crippen LogP contribution is 2.43. The minimum Gasteiger partial charge on any atom is -0.388 e. The lowest BCUT2D eigenvalue weighted by molar-refractivity contribution is -0.114. The molecule has 0 amide bonds. The van der Waals surface area contributed by atoms with E-state index in [2.05, 4.69) is 24.8 Å². The van der Waals surface area contributed by atoms with Gasteiger partial charge in [0.15, 0.2) is 29.5 Å². The Hall–Kier alpha value is -1.82. The maximum absolute atomic E-state index is 11.0. The van der Waals surface area contributed by atoms with Gasteiger partial charge in [-0.1, -0.05) is 0 Å². The van der Waals surface area contributed by atoms with Crippen LogP contribution in [0.5, 0.6) is 0 Å². The summed E-state index contributed by atoms with van der Waals surface area (Å²) in [6.07, 6.45) is -2.27. The summed E-state index contributed by atoms with van der Waals surface area (Å²) < 4.78 is 22.5. The molecule has 12 nitrogen and oxygen atoms in total. The van der Waals surface area contributed by atoms with Gasteiger partial charge in [0.2, 0.25) is 5.95 Å². The Bertz CT molecular complexity index is 822. The molecule has 0 radical (unpaired) electrons. The van der Waals surface area contributed by atoms with Crippen LogP contribution in [0, 0.1) is 0 Å². The number of aromatic nitrogens is 4. The van der Waals surface area contributed by atoms with Gasteiger partial charge in [0.05, 0.1) is 0 Å². The Kier molecular flexibility index (Phi) is 4.66. The van der Waals surface area contributed by atoms with Crippen LogP contribution in [0.1, 0.15) is 26.5 Å². The number of aliphatic hydroxyl groups is 1. The van der Waals surface area contributed by atoms with Crippen LogP contribution < -0.4 is 11.1 Å². The average molecular weight is 374 g/mol. The highest BCUT2D eigenvalue weighted by Gasteiger charge is 2.41. The number of phosphoric acid groups is 1. The molecule has 1 saturated heterocycles. The van der Waals surface area contributed by atoms with Gasteiger partial charge in [0.1, 0.15) is 12.4 Å². The number of imidazole rings is 1. The topological polar surface area (TPSA) is 178 Å². The number of nitrogen functional groups attached to an aromatic ring is 1. The smallest absolute Gasteiger partial charge is 0.388 e. The van der Waals surface area contributed by atoms with Crippen LogP contribution in [0.25, 0.3) is 11.2 Å². The Morgan fingerprint density at radius 3 is 2.84 bits per heavy atom. The fourth-order valence-electron chi connectivity index (χ4n) is 2.60. The molecule has 25 heavy (non-hydrogen) atoms. The maximum Gasteiger partial charge on any atom is 0.471 e. The zero-order valence-corrected chi connectivity index (χ0v) is 14.4. The average Bonchev–Trinajstić information content (AvgIpc) is 2.97. The molecule has 3 heterocycles. The number of nitrogens with two attached hydrogens (primary N) is 1. The molecule has 0 saturated carbocycles. The van der Waals surface area contributed by atoms with E-state index in [0.717, 1.165) is 0 Å². The second kappa shape index (κ2) is 6.48. The van der Waals surface area contributed by atoms with Gasteiger partial charge in [0, 0.05) is 12.5 Å². The molecule has 1 fully saturated rings.